The molecule has 0 N–H and O–H groups in total. The van der Waals surface area contributed by atoms with E-state index in [4.69, 9.17) is 0 Å². The number of hydrogen-bond acceptors (Lipinski definition) is 2. The molecule has 0 spiro atoms. The van der Waals surface area contributed by atoms with Crippen molar-refractivity contribution in [3.05, 3.63) is 60.7 Å². The van der Waals surface area contributed by atoms with Crippen LogP contribution in [0.3, 0.4) is 0 Å². The fourth-order valence-electron chi connectivity index (χ4n) is 2.38. The summed E-state index contributed by atoms with van der Waals surface area (Å²) in [5.41, 5.74) is 3.41. The first-order chi connectivity index (χ1) is 9.25. The number of hydrogen-bond donors (Lipinski definition) is 0. The fraction of sp³-hybridized carbons (Fsp3) is 0.176. The Kier molecular flexibility index (Phi) is 3.00. The van der Waals surface area contributed by atoms with Gasteiger partial charge in [-0.2, -0.15) is 0 Å². The van der Waals surface area contributed by atoms with Gasteiger partial charge in [0.25, 0.3) is 0 Å². The quantitative estimate of drug-likeness (QED) is 0.671. The van der Waals surface area contributed by atoms with Crippen molar-refractivity contribution in [2.24, 2.45) is 0 Å². The van der Waals surface area contributed by atoms with Crippen LogP contribution in [-0.2, 0) is 0 Å². The molecule has 94 valence electrons. The first-order valence-corrected chi connectivity index (χ1v) is 6.55. The van der Waals surface area contributed by atoms with Crippen molar-refractivity contribution in [1.29, 1.82) is 0 Å². The predicted molar refractivity (Wildman–Crippen MR) is 79.1 cm³/mol. The van der Waals surface area contributed by atoms with Crippen LogP contribution in [-0.4, -0.2) is 9.97 Å². The van der Waals surface area contributed by atoms with Gasteiger partial charge in [0.15, 0.2) is 0 Å². The molecular formula is C17H16N2. The number of benzene rings is 2. The second kappa shape index (κ2) is 4.81. The van der Waals surface area contributed by atoms with Crippen molar-refractivity contribution in [3.8, 4) is 11.1 Å². The normalized spacial score (nSPS) is 11.1. The molecule has 1 aromatic heterocycles. The van der Waals surface area contributed by atoms with Gasteiger partial charge in [-0.15, -0.1) is 0 Å². The molecule has 0 aliphatic carbocycles. The van der Waals surface area contributed by atoms with E-state index in [1.807, 2.05) is 6.20 Å². The van der Waals surface area contributed by atoms with Gasteiger partial charge in [0.1, 0.15) is 6.33 Å². The highest BCUT2D eigenvalue weighted by Crippen LogP contribution is 2.29. The molecule has 0 amide bonds. The van der Waals surface area contributed by atoms with Gasteiger partial charge >= 0.3 is 0 Å². The van der Waals surface area contributed by atoms with Gasteiger partial charge in [-0.25, -0.2) is 9.97 Å². The van der Waals surface area contributed by atoms with E-state index in [1.54, 1.807) is 6.33 Å². The van der Waals surface area contributed by atoms with Crippen molar-refractivity contribution in [3.63, 3.8) is 0 Å². The number of aromatic nitrogens is 2. The molecule has 0 radical (unpaired) electrons. The first-order valence-electron chi connectivity index (χ1n) is 6.55. The van der Waals surface area contributed by atoms with E-state index < -0.39 is 0 Å². The minimum Gasteiger partial charge on any atom is -0.244 e. The highest BCUT2D eigenvalue weighted by atomic mass is 14.8. The Balaban J connectivity index is 2.19. The Morgan fingerprint density at radius 3 is 2.53 bits per heavy atom. The van der Waals surface area contributed by atoms with Gasteiger partial charge in [0, 0.05) is 11.8 Å². The molecule has 0 aliphatic rings. The Bertz CT molecular complexity index is 717. The predicted octanol–water partition coefficient (Wildman–Crippen LogP) is 4.42. The molecule has 0 aliphatic heterocycles. The molecule has 2 heteroatoms. The molecule has 2 aromatic carbocycles. The summed E-state index contributed by atoms with van der Waals surface area (Å²) in [5.74, 6) is 0.393. The van der Waals surface area contributed by atoms with E-state index in [2.05, 4.69) is 66.3 Å². The van der Waals surface area contributed by atoms with Crippen LogP contribution in [0.5, 0.6) is 0 Å². The first kappa shape index (κ1) is 11.8. The lowest BCUT2D eigenvalue weighted by molar-refractivity contribution is 0.817. The van der Waals surface area contributed by atoms with E-state index in [-0.39, 0.29) is 0 Å². The monoisotopic (exact) mass is 248 g/mol. The van der Waals surface area contributed by atoms with Gasteiger partial charge in [-0.3, -0.25) is 0 Å². The summed E-state index contributed by atoms with van der Waals surface area (Å²) in [6.45, 7) is 4.32. The Hall–Kier alpha value is -2.22. The third-order valence-corrected chi connectivity index (χ3v) is 3.35. The summed E-state index contributed by atoms with van der Waals surface area (Å²) < 4.78 is 0. The van der Waals surface area contributed by atoms with Crippen molar-refractivity contribution < 1.29 is 0 Å². The minimum atomic E-state index is 0.393. The Morgan fingerprint density at radius 2 is 1.74 bits per heavy atom. The van der Waals surface area contributed by atoms with Crippen molar-refractivity contribution >= 4 is 10.8 Å². The van der Waals surface area contributed by atoms with Crippen LogP contribution in [0.1, 0.15) is 25.5 Å². The van der Waals surface area contributed by atoms with Crippen LogP contribution in [0.4, 0.5) is 0 Å². The molecule has 0 atom stereocenters. The molecule has 3 rings (SSSR count). The van der Waals surface area contributed by atoms with Crippen molar-refractivity contribution in [1.82, 2.24) is 9.97 Å². The highest BCUT2D eigenvalue weighted by molar-refractivity contribution is 5.87. The second-order valence-corrected chi connectivity index (χ2v) is 5.04. The largest absolute Gasteiger partial charge is 0.244 e. The molecule has 0 fully saturated rings. The Labute approximate surface area is 113 Å². The summed E-state index contributed by atoms with van der Waals surface area (Å²) in [5, 5.41) is 2.51. The maximum Gasteiger partial charge on any atom is 0.115 e. The third-order valence-electron chi connectivity index (χ3n) is 3.35. The molecular weight excluding hydrogens is 232 g/mol. The lowest BCUT2D eigenvalue weighted by Crippen LogP contribution is -1.97. The van der Waals surface area contributed by atoms with Gasteiger partial charge in [0.2, 0.25) is 0 Å². The molecule has 0 saturated carbocycles. The number of nitrogens with zero attached hydrogens (tertiary/aromatic N) is 2. The maximum absolute atomic E-state index is 4.42. The summed E-state index contributed by atoms with van der Waals surface area (Å²) >= 11 is 0. The van der Waals surface area contributed by atoms with Gasteiger partial charge in [0.05, 0.1) is 5.69 Å². The molecule has 0 saturated heterocycles. The van der Waals surface area contributed by atoms with Crippen molar-refractivity contribution in [2.45, 2.75) is 19.8 Å². The zero-order valence-electron chi connectivity index (χ0n) is 11.2. The van der Waals surface area contributed by atoms with E-state index in [0.29, 0.717) is 5.92 Å². The van der Waals surface area contributed by atoms with Crippen LogP contribution in [0.25, 0.3) is 21.9 Å². The van der Waals surface area contributed by atoms with E-state index in [1.165, 1.54) is 16.3 Å². The van der Waals surface area contributed by atoms with Crippen LogP contribution in [0.15, 0.2) is 55.0 Å². The van der Waals surface area contributed by atoms with E-state index in [9.17, 15) is 0 Å². The maximum atomic E-state index is 4.42. The zero-order valence-corrected chi connectivity index (χ0v) is 11.2. The smallest absolute Gasteiger partial charge is 0.115 e. The summed E-state index contributed by atoms with van der Waals surface area (Å²) in [7, 11) is 0. The molecule has 2 nitrogen and oxygen atoms in total. The molecule has 1 heterocycles. The van der Waals surface area contributed by atoms with Gasteiger partial charge in [-0.1, -0.05) is 50.2 Å². The summed E-state index contributed by atoms with van der Waals surface area (Å²) in [4.78, 5) is 8.60. The van der Waals surface area contributed by atoms with Crippen LogP contribution < -0.4 is 0 Å². The fourth-order valence-corrected chi connectivity index (χ4v) is 2.38. The topological polar surface area (TPSA) is 25.8 Å². The van der Waals surface area contributed by atoms with E-state index in [0.717, 1.165) is 11.3 Å². The zero-order chi connectivity index (χ0) is 13.2. The van der Waals surface area contributed by atoms with Gasteiger partial charge < -0.3 is 0 Å². The molecule has 0 bridgehead atoms. The average Bonchev–Trinajstić information content (AvgIpc) is 2.46. The van der Waals surface area contributed by atoms with Crippen molar-refractivity contribution in [2.75, 3.05) is 0 Å². The van der Waals surface area contributed by atoms with Crippen LogP contribution >= 0.6 is 0 Å². The number of rotatable bonds is 2. The summed E-state index contributed by atoms with van der Waals surface area (Å²) in [6.07, 6.45) is 3.53. The van der Waals surface area contributed by atoms with Crippen LogP contribution in [0, 0.1) is 0 Å². The van der Waals surface area contributed by atoms with Crippen LogP contribution in [0.2, 0.25) is 0 Å². The minimum absolute atomic E-state index is 0.393. The standard InChI is InChI=1S/C17H16N2/c1-12(2)17-16(10-18-11-19-17)15-8-7-13-5-3-4-6-14(13)9-15/h3-12H,1-2H3. The third kappa shape index (κ3) is 2.22. The van der Waals surface area contributed by atoms with E-state index >= 15 is 0 Å². The summed E-state index contributed by atoms with van der Waals surface area (Å²) in [6, 6.07) is 14.9. The number of fused-ring (bicyclic) bond motifs is 1. The average molecular weight is 248 g/mol. The molecule has 0 unspecified atom stereocenters. The highest BCUT2D eigenvalue weighted by Gasteiger charge is 2.10. The SMILES string of the molecule is CC(C)c1ncncc1-c1ccc2ccccc2c1. The lowest BCUT2D eigenvalue weighted by atomic mass is 9.97. The lowest BCUT2D eigenvalue weighted by Gasteiger charge is -2.11. The molecule has 19 heavy (non-hydrogen) atoms. The second-order valence-electron chi connectivity index (χ2n) is 5.04. The van der Waals surface area contributed by atoms with Gasteiger partial charge in [-0.05, 0) is 28.3 Å². The Morgan fingerprint density at radius 1 is 0.947 bits per heavy atom. The molecule has 3 aromatic rings.